The van der Waals surface area contributed by atoms with Crippen molar-refractivity contribution in [3.8, 4) is 0 Å². The first-order valence-corrected chi connectivity index (χ1v) is 9.65. The van der Waals surface area contributed by atoms with Crippen LogP contribution in [0.2, 0.25) is 0 Å². The predicted molar refractivity (Wildman–Crippen MR) is 102 cm³/mol. The Morgan fingerprint density at radius 1 is 1.30 bits per heavy atom. The van der Waals surface area contributed by atoms with Crippen LogP contribution in [0.3, 0.4) is 0 Å². The molecule has 0 aromatic heterocycles. The number of hydrogen-bond donors (Lipinski definition) is 0. The lowest BCUT2D eigenvalue weighted by Crippen LogP contribution is -2.39. The zero-order valence-electron chi connectivity index (χ0n) is 13.5. The van der Waals surface area contributed by atoms with Crippen LogP contribution in [0.15, 0.2) is 48.7 Å². The predicted octanol–water partition coefficient (Wildman–Crippen LogP) is 5.92. The molecule has 0 N–H and O–H groups in total. The molecule has 1 fully saturated rings. The van der Waals surface area contributed by atoms with Gasteiger partial charge in [-0.1, -0.05) is 81.6 Å². The first kappa shape index (κ1) is 19.0. The summed E-state index contributed by atoms with van der Waals surface area (Å²) in [7, 11) is 0. The minimum atomic E-state index is -0.437. The zero-order valence-corrected chi connectivity index (χ0v) is 16.7. The van der Waals surface area contributed by atoms with Gasteiger partial charge < -0.3 is 9.47 Å². The van der Waals surface area contributed by atoms with Gasteiger partial charge in [0.1, 0.15) is 3.23 Å². The summed E-state index contributed by atoms with van der Waals surface area (Å²) < 4.78 is 11.8. The quantitative estimate of drug-likeness (QED) is 0.296. The second-order valence-corrected chi connectivity index (χ2v) is 10.4. The molecule has 0 aliphatic heterocycles. The van der Waals surface area contributed by atoms with E-state index in [9.17, 15) is 0 Å². The number of alkyl halides is 2. The Balaban J connectivity index is 2.10. The molecule has 1 aliphatic carbocycles. The van der Waals surface area contributed by atoms with E-state index in [1.165, 1.54) is 18.4 Å². The highest BCUT2D eigenvalue weighted by atomic mass is 79.9. The number of rotatable bonds is 7. The third-order valence-electron chi connectivity index (χ3n) is 4.12. The van der Waals surface area contributed by atoms with Gasteiger partial charge in [-0.15, -0.1) is 5.73 Å². The lowest BCUT2D eigenvalue weighted by Gasteiger charge is -2.37. The number of benzene rings is 1. The fourth-order valence-corrected chi connectivity index (χ4v) is 3.48. The van der Waals surface area contributed by atoms with Gasteiger partial charge in [-0.25, -0.2) is 0 Å². The molecular formula is C19H24Br2O2. The van der Waals surface area contributed by atoms with Crippen molar-refractivity contribution >= 4 is 31.9 Å². The van der Waals surface area contributed by atoms with Crippen LogP contribution in [0.1, 0.15) is 44.1 Å². The van der Waals surface area contributed by atoms with Crippen molar-refractivity contribution in [2.24, 2.45) is 0 Å². The van der Waals surface area contributed by atoms with Gasteiger partial charge in [-0.05, 0) is 31.4 Å². The molecular weight excluding hydrogens is 420 g/mol. The first-order valence-electron chi connectivity index (χ1n) is 8.06. The van der Waals surface area contributed by atoms with Crippen LogP contribution in [0.4, 0.5) is 0 Å². The van der Waals surface area contributed by atoms with Gasteiger partial charge in [0, 0.05) is 5.92 Å². The van der Waals surface area contributed by atoms with Crippen molar-refractivity contribution in [3.05, 3.63) is 54.3 Å². The molecule has 0 spiro atoms. The first-order chi connectivity index (χ1) is 11.0. The highest BCUT2D eigenvalue weighted by molar-refractivity contribution is 9.25. The largest absolute Gasteiger partial charge is 0.346 e. The van der Waals surface area contributed by atoms with Crippen molar-refractivity contribution in [1.29, 1.82) is 0 Å². The van der Waals surface area contributed by atoms with E-state index < -0.39 is 3.23 Å². The SMILES string of the molecule is C=C=CCOC(OC1CCCC[C@@H]1c1ccccc1)C(C)(Br)Br. The van der Waals surface area contributed by atoms with E-state index in [4.69, 9.17) is 9.47 Å². The molecule has 2 rings (SSSR count). The maximum Gasteiger partial charge on any atom is 0.183 e. The van der Waals surface area contributed by atoms with Crippen molar-refractivity contribution in [2.45, 2.75) is 54.2 Å². The molecule has 126 valence electrons. The minimum absolute atomic E-state index is 0.165. The van der Waals surface area contributed by atoms with E-state index in [0.29, 0.717) is 12.5 Å². The molecule has 23 heavy (non-hydrogen) atoms. The van der Waals surface area contributed by atoms with Crippen LogP contribution < -0.4 is 0 Å². The lowest BCUT2D eigenvalue weighted by atomic mass is 9.81. The van der Waals surface area contributed by atoms with Crippen molar-refractivity contribution in [2.75, 3.05) is 6.61 Å². The molecule has 4 heteroatoms. The fourth-order valence-electron chi connectivity index (χ4n) is 3.00. The minimum Gasteiger partial charge on any atom is -0.346 e. The summed E-state index contributed by atoms with van der Waals surface area (Å²) in [6.07, 6.45) is 6.22. The second-order valence-electron chi connectivity index (χ2n) is 6.01. The number of ether oxygens (including phenoxy) is 2. The molecule has 3 atom stereocenters. The van der Waals surface area contributed by atoms with Gasteiger partial charge in [0.25, 0.3) is 0 Å². The van der Waals surface area contributed by atoms with Crippen LogP contribution in [0.5, 0.6) is 0 Å². The molecule has 0 radical (unpaired) electrons. The molecule has 1 aromatic carbocycles. The average molecular weight is 444 g/mol. The summed E-state index contributed by atoms with van der Waals surface area (Å²) in [4.78, 5) is 0. The topological polar surface area (TPSA) is 18.5 Å². The van der Waals surface area contributed by atoms with Crippen molar-refractivity contribution < 1.29 is 9.47 Å². The molecule has 2 nitrogen and oxygen atoms in total. The Bertz CT molecular complexity index is 518. The van der Waals surface area contributed by atoms with Crippen molar-refractivity contribution in [1.82, 2.24) is 0 Å². The second kappa shape index (κ2) is 9.19. The Morgan fingerprint density at radius 2 is 2.00 bits per heavy atom. The molecule has 0 saturated heterocycles. The van der Waals surface area contributed by atoms with Crippen LogP contribution in [0, 0.1) is 0 Å². The highest BCUT2D eigenvalue weighted by Gasteiger charge is 2.36. The van der Waals surface area contributed by atoms with E-state index in [0.717, 1.165) is 12.8 Å². The van der Waals surface area contributed by atoms with E-state index in [1.54, 1.807) is 6.08 Å². The number of hydrogen-bond acceptors (Lipinski definition) is 2. The van der Waals surface area contributed by atoms with Crippen molar-refractivity contribution in [3.63, 3.8) is 0 Å². The third kappa shape index (κ3) is 5.88. The molecule has 1 saturated carbocycles. The van der Waals surface area contributed by atoms with E-state index in [1.807, 2.05) is 6.92 Å². The standard InChI is InChI=1S/C19H24Br2O2/c1-3-4-14-22-18(19(2,20)21)23-17-13-9-8-12-16(17)15-10-6-5-7-11-15/h4-7,10-11,16-18H,1,8-9,12-14H2,2H3/t16-,17?,18?/m1/s1. The van der Waals surface area contributed by atoms with E-state index >= 15 is 0 Å². The van der Waals surface area contributed by atoms with Gasteiger partial charge in [-0.2, -0.15) is 0 Å². The van der Waals surface area contributed by atoms with Gasteiger partial charge in [0.2, 0.25) is 0 Å². The zero-order chi connectivity index (χ0) is 16.7. The molecule has 0 bridgehead atoms. The Morgan fingerprint density at radius 3 is 2.65 bits per heavy atom. The van der Waals surface area contributed by atoms with Gasteiger partial charge in [0.15, 0.2) is 6.29 Å². The van der Waals surface area contributed by atoms with Crippen LogP contribution in [-0.2, 0) is 9.47 Å². The summed E-state index contributed by atoms with van der Waals surface area (Å²) in [6, 6.07) is 10.7. The van der Waals surface area contributed by atoms with Gasteiger partial charge in [0.05, 0.1) is 12.7 Å². The highest BCUT2D eigenvalue weighted by Crippen LogP contribution is 2.39. The summed E-state index contributed by atoms with van der Waals surface area (Å²) in [5.74, 6) is 0.424. The molecule has 1 aromatic rings. The van der Waals surface area contributed by atoms with E-state index in [2.05, 4.69) is 74.5 Å². The molecule has 2 unspecified atom stereocenters. The third-order valence-corrected chi connectivity index (χ3v) is 4.87. The molecule has 0 heterocycles. The summed E-state index contributed by atoms with van der Waals surface area (Å²) >= 11 is 7.23. The normalized spacial score (nSPS) is 23.1. The van der Waals surface area contributed by atoms with Gasteiger partial charge >= 0.3 is 0 Å². The Kier molecular flexibility index (Phi) is 7.58. The average Bonchev–Trinajstić information content (AvgIpc) is 2.54. The molecule has 1 aliphatic rings. The van der Waals surface area contributed by atoms with Crippen LogP contribution in [-0.4, -0.2) is 22.2 Å². The van der Waals surface area contributed by atoms with Gasteiger partial charge in [-0.3, -0.25) is 0 Å². The molecule has 0 amide bonds. The smallest absolute Gasteiger partial charge is 0.183 e. The maximum absolute atomic E-state index is 6.39. The summed E-state index contributed by atoms with van der Waals surface area (Å²) in [6.45, 7) is 5.99. The monoisotopic (exact) mass is 442 g/mol. The lowest BCUT2D eigenvalue weighted by molar-refractivity contribution is -0.176. The summed E-state index contributed by atoms with van der Waals surface area (Å²) in [5, 5.41) is 0. The maximum atomic E-state index is 6.39. The number of halogens is 2. The van der Waals surface area contributed by atoms with Crippen LogP contribution >= 0.6 is 31.9 Å². The summed E-state index contributed by atoms with van der Waals surface area (Å²) in [5.41, 5.74) is 4.08. The van der Waals surface area contributed by atoms with E-state index in [-0.39, 0.29) is 12.4 Å². The van der Waals surface area contributed by atoms with Crippen LogP contribution in [0.25, 0.3) is 0 Å². The fraction of sp³-hybridized carbons (Fsp3) is 0.526. The Hall–Kier alpha value is -0.380. The Labute approximate surface area is 156 Å².